The summed E-state index contributed by atoms with van der Waals surface area (Å²) in [6, 6.07) is 7.62. The standard InChI is InChI=1S/C15H23ClN2.ClH/c1-3-5-11-18(12-6-4-2)15(17)13-9-7-8-10-14(13)16;/h7-10,17H,3-6,11-12H2,1-2H3;1H. The zero-order chi connectivity index (χ0) is 13.4. The van der Waals surface area contributed by atoms with Gasteiger partial charge in [0.2, 0.25) is 0 Å². The van der Waals surface area contributed by atoms with Gasteiger partial charge in [-0.15, -0.1) is 12.4 Å². The molecule has 0 atom stereocenters. The van der Waals surface area contributed by atoms with Crippen molar-refractivity contribution in [1.29, 1.82) is 5.41 Å². The normalized spacial score (nSPS) is 9.84. The fourth-order valence-electron chi connectivity index (χ4n) is 1.86. The number of hydrogen-bond acceptors (Lipinski definition) is 1. The molecular formula is C15H24Cl2N2. The highest BCUT2D eigenvalue weighted by Gasteiger charge is 2.13. The summed E-state index contributed by atoms with van der Waals surface area (Å²) in [6.07, 6.45) is 4.55. The summed E-state index contributed by atoms with van der Waals surface area (Å²) in [6.45, 7) is 6.25. The van der Waals surface area contributed by atoms with Crippen LogP contribution in [-0.4, -0.2) is 23.8 Å². The third-order valence-electron chi connectivity index (χ3n) is 3.01. The van der Waals surface area contributed by atoms with E-state index in [1.807, 2.05) is 24.3 Å². The minimum atomic E-state index is 0. The van der Waals surface area contributed by atoms with E-state index in [0.717, 1.165) is 44.3 Å². The highest BCUT2D eigenvalue weighted by molar-refractivity contribution is 6.33. The molecule has 0 fully saturated rings. The molecule has 0 unspecified atom stereocenters. The number of rotatable bonds is 7. The van der Waals surface area contributed by atoms with Gasteiger partial charge in [-0.3, -0.25) is 5.41 Å². The quantitative estimate of drug-likeness (QED) is 0.557. The van der Waals surface area contributed by atoms with Gasteiger partial charge in [-0.2, -0.15) is 0 Å². The van der Waals surface area contributed by atoms with Gasteiger partial charge in [0.25, 0.3) is 0 Å². The Morgan fingerprint density at radius 1 is 1.11 bits per heavy atom. The Labute approximate surface area is 128 Å². The van der Waals surface area contributed by atoms with Gasteiger partial charge in [-0.1, -0.05) is 50.4 Å². The largest absolute Gasteiger partial charge is 0.357 e. The number of amidine groups is 1. The first-order chi connectivity index (χ1) is 8.70. The molecule has 0 aliphatic rings. The molecule has 2 nitrogen and oxygen atoms in total. The third-order valence-corrected chi connectivity index (χ3v) is 3.34. The maximum Gasteiger partial charge on any atom is 0.129 e. The first-order valence-electron chi connectivity index (χ1n) is 6.79. The van der Waals surface area contributed by atoms with Crippen LogP contribution in [0.3, 0.4) is 0 Å². The van der Waals surface area contributed by atoms with E-state index in [-0.39, 0.29) is 12.4 Å². The van der Waals surface area contributed by atoms with Crippen LogP contribution >= 0.6 is 24.0 Å². The maximum atomic E-state index is 8.33. The van der Waals surface area contributed by atoms with Gasteiger partial charge in [-0.25, -0.2) is 0 Å². The summed E-state index contributed by atoms with van der Waals surface area (Å²) in [5.74, 6) is 0.558. The molecule has 4 heteroatoms. The van der Waals surface area contributed by atoms with E-state index in [1.54, 1.807) is 0 Å². The summed E-state index contributed by atoms with van der Waals surface area (Å²) in [5, 5.41) is 8.99. The van der Waals surface area contributed by atoms with E-state index >= 15 is 0 Å². The van der Waals surface area contributed by atoms with Crippen molar-refractivity contribution < 1.29 is 0 Å². The highest BCUT2D eigenvalue weighted by Crippen LogP contribution is 2.17. The molecule has 1 rings (SSSR count). The Morgan fingerprint density at radius 3 is 2.11 bits per heavy atom. The second-order valence-corrected chi connectivity index (χ2v) is 4.93. The number of hydrogen-bond donors (Lipinski definition) is 1. The van der Waals surface area contributed by atoms with Gasteiger partial charge in [0.05, 0.1) is 5.02 Å². The fraction of sp³-hybridized carbons (Fsp3) is 0.533. The van der Waals surface area contributed by atoms with Crippen LogP contribution in [0.2, 0.25) is 5.02 Å². The van der Waals surface area contributed by atoms with Crippen molar-refractivity contribution in [3.63, 3.8) is 0 Å². The molecule has 0 amide bonds. The van der Waals surface area contributed by atoms with Gasteiger partial charge < -0.3 is 4.90 Å². The molecule has 0 saturated heterocycles. The van der Waals surface area contributed by atoms with Crippen molar-refractivity contribution >= 4 is 29.8 Å². The molecule has 0 aliphatic carbocycles. The molecule has 19 heavy (non-hydrogen) atoms. The average molecular weight is 303 g/mol. The van der Waals surface area contributed by atoms with Crippen LogP contribution in [-0.2, 0) is 0 Å². The van der Waals surface area contributed by atoms with E-state index in [0.29, 0.717) is 10.9 Å². The van der Waals surface area contributed by atoms with Crippen molar-refractivity contribution in [2.75, 3.05) is 13.1 Å². The number of unbranched alkanes of at least 4 members (excludes halogenated alkanes) is 2. The molecule has 0 radical (unpaired) electrons. The van der Waals surface area contributed by atoms with E-state index in [4.69, 9.17) is 17.0 Å². The Hall–Kier alpha value is -0.730. The fourth-order valence-corrected chi connectivity index (χ4v) is 2.08. The second-order valence-electron chi connectivity index (χ2n) is 4.52. The maximum absolute atomic E-state index is 8.33. The molecule has 1 aromatic carbocycles. The van der Waals surface area contributed by atoms with Crippen molar-refractivity contribution in [3.8, 4) is 0 Å². The molecule has 0 saturated carbocycles. The van der Waals surface area contributed by atoms with Gasteiger partial charge in [-0.05, 0) is 25.0 Å². The Morgan fingerprint density at radius 2 is 1.63 bits per heavy atom. The molecule has 0 spiro atoms. The first-order valence-corrected chi connectivity index (χ1v) is 7.16. The van der Waals surface area contributed by atoms with Gasteiger partial charge in [0.1, 0.15) is 5.84 Å². The minimum Gasteiger partial charge on any atom is -0.357 e. The van der Waals surface area contributed by atoms with Crippen LogP contribution in [0.5, 0.6) is 0 Å². The van der Waals surface area contributed by atoms with E-state index < -0.39 is 0 Å². The molecule has 0 heterocycles. The van der Waals surface area contributed by atoms with Crippen LogP contribution in [0, 0.1) is 5.41 Å². The topological polar surface area (TPSA) is 27.1 Å². The van der Waals surface area contributed by atoms with Crippen LogP contribution in [0.25, 0.3) is 0 Å². The van der Waals surface area contributed by atoms with E-state index in [9.17, 15) is 0 Å². The van der Waals surface area contributed by atoms with Crippen molar-refractivity contribution in [1.82, 2.24) is 4.90 Å². The Bertz CT molecular complexity index is 372. The predicted molar refractivity (Wildman–Crippen MR) is 86.9 cm³/mol. The number of benzene rings is 1. The van der Waals surface area contributed by atoms with E-state index in [2.05, 4.69) is 18.7 Å². The SMILES string of the molecule is CCCCN(CCCC)C(=N)c1ccccc1Cl.Cl. The minimum absolute atomic E-state index is 0. The summed E-state index contributed by atoms with van der Waals surface area (Å²) < 4.78 is 0. The van der Waals surface area contributed by atoms with Crippen molar-refractivity contribution in [3.05, 3.63) is 34.9 Å². The van der Waals surface area contributed by atoms with E-state index in [1.165, 1.54) is 0 Å². The van der Waals surface area contributed by atoms with Crippen LogP contribution < -0.4 is 0 Å². The zero-order valence-electron chi connectivity index (χ0n) is 11.8. The monoisotopic (exact) mass is 302 g/mol. The van der Waals surface area contributed by atoms with Crippen LogP contribution in [0.15, 0.2) is 24.3 Å². The number of nitrogens with zero attached hydrogens (tertiary/aromatic N) is 1. The second kappa shape index (κ2) is 10.1. The highest BCUT2D eigenvalue weighted by atomic mass is 35.5. The summed E-state index contributed by atoms with van der Waals surface area (Å²) >= 11 is 6.16. The van der Waals surface area contributed by atoms with Crippen LogP contribution in [0.1, 0.15) is 45.1 Å². The molecule has 1 aromatic rings. The lowest BCUT2D eigenvalue weighted by molar-refractivity contribution is 0.397. The third kappa shape index (κ3) is 5.84. The lowest BCUT2D eigenvalue weighted by atomic mass is 10.1. The predicted octanol–water partition coefficient (Wildman–Crippen LogP) is 4.99. The van der Waals surface area contributed by atoms with Gasteiger partial charge in [0, 0.05) is 18.7 Å². The van der Waals surface area contributed by atoms with Gasteiger partial charge >= 0.3 is 0 Å². The first kappa shape index (κ1) is 18.3. The summed E-state index contributed by atoms with van der Waals surface area (Å²) in [5.41, 5.74) is 0.839. The Kier molecular flexibility index (Phi) is 9.72. The summed E-state index contributed by atoms with van der Waals surface area (Å²) in [7, 11) is 0. The van der Waals surface area contributed by atoms with Crippen LogP contribution in [0.4, 0.5) is 0 Å². The molecule has 1 N–H and O–H groups in total. The number of nitrogens with one attached hydrogen (secondary N) is 1. The molecule has 0 bridgehead atoms. The Balaban J connectivity index is 0.00000324. The van der Waals surface area contributed by atoms with Gasteiger partial charge in [0.15, 0.2) is 0 Å². The molecule has 0 aliphatic heterocycles. The smallest absolute Gasteiger partial charge is 0.129 e. The zero-order valence-corrected chi connectivity index (χ0v) is 13.4. The van der Waals surface area contributed by atoms with Crippen molar-refractivity contribution in [2.24, 2.45) is 0 Å². The number of halogens is 2. The summed E-state index contributed by atoms with van der Waals surface area (Å²) in [4.78, 5) is 2.15. The molecule has 108 valence electrons. The van der Waals surface area contributed by atoms with Crippen molar-refractivity contribution in [2.45, 2.75) is 39.5 Å². The molecular weight excluding hydrogens is 279 g/mol. The average Bonchev–Trinajstić information content (AvgIpc) is 2.39. The lowest BCUT2D eigenvalue weighted by Crippen LogP contribution is -2.33. The lowest BCUT2D eigenvalue weighted by Gasteiger charge is -2.25. The molecule has 0 aromatic heterocycles.